The van der Waals surface area contributed by atoms with Crippen molar-refractivity contribution in [3.8, 4) is 0 Å². The maximum atomic E-state index is 12.7. The van der Waals surface area contributed by atoms with Crippen molar-refractivity contribution < 1.29 is 9.32 Å². The molecule has 1 fully saturated rings. The molecule has 25 heavy (non-hydrogen) atoms. The maximum absolute atomic E-state index is 12.7. The second kappa shape index (κ2) is 6.85. The lowest BCUT2D eigenvalue weighted by Crippen LogP contribution is -2.39. The summed E-state index contributed by atoms with van der Waals surface area (Å²) < 4.78 is 7.53. The van der Waals surface area contributed by atoms with E-state index in [-0.39, 0.29) is 12.1 Å². The van der Waals surface area contributed by atoms with E-state index in [2.05, 4.69) is 25.2 Å². The fraction of sp³-hybridized carbons (Fsp3) is 0.647. The van der Waals surface area contributed by atoms with Gasteiger partial charge in [-0.15, -0.1) is 10.2 Å². The summed E-state index contributed by atoms with van der Waals surface area (Å²) >= 11 is 0. The SMILES string of the molecule is Cc1cc([C@H]2CCCN2C(=O)NCc2nnc3n2CCCCC3)on1. The van der Waals surface area contributed by atoms with Gasteiger partial charge >= 0.3 is 6.03 Å². The van der Waals surface area contributed by atoms with Crippen molar-refractivity contribution in [1.29, 1.82) is 0 Å². The third-order valence-corrected chi connectivity index (χ3v) is 5.07. The van der Waals surface area contributed by atoms with E-state index in [0.717, 1.165) is 68.3 Å². The van der Waals surface area contributed by atoms with Crippen molar-refractivity contribution in [3.05, 3.63) is 29.2 Å². The van der Waals surface area contributed by atoms with E-state index in [1.807, 2.05) is 17.9 Å². The molecule has 2 aliphatic heterocycles. The Kier molecular flexibility index (Phi) is 4.42. The zero-order valence-corrected chi connectivity index (χ0v) is 14.6. The average molecular weight is 344 g/mol. The monoisotopic (exact) mass is 344 g/mol. The fourth-order valence-corrected chi connectivity index (χ4v) is 3.78. The standard InChI is InChI=1S/C17H24N6O2/c1-12-10-14(25-21-12)13-6-5-9-22(13)17(24)18-11-16-20-19-15-7-3-2-4-8-23(15)16/h10,13H,2-9,11H2,1H3,(H,18,24)/t13-/m1/s1. The Morgan fingerprint density at radius 1 is 1.28 bits per heavy atom. The summed E-state index contributed by atoms with van der Waals surface area (Å²) in [6, 6.07) is 1.80. The lowest BCUT2D eigenvalue weighted by molar-refractivity contribution is 0.181. The van der Waals surface area contributed by atoms with Gasteiger partial charge in [-0.3, -0.25) is 0 Å². The lowest BCUT2D eigenvalue weighted by Gasteiger charge is -2.23. The summed E-state index contributed by atoms with van der Waals surface area (Å²) in [5.41, 5.74) is 0.841. The van der Waals surface area contributed by atoms with Gasteiger partial charge < -0.3 is 19.3 Å². The number of hydrogen-bond acceptors (Lipinski definition) is 5. The smallest absolute Gasteiger partial charge is 0.318 e. The van der Waals surface area contributed by atoms with Crippen LogP contribution in [-0.2, 0) is 19.5 Å². The van der Waals surface area contributed by atoms with E-state index in [4.69, 9.17) is 4.52 Å². The highest BCUT2D eigenvalue weighted by atomic mass is 16.5. The minimum atomic E-state index is -0.0810. The van der Waals surface area contributed by atoms with Crippen LogP contribution in [0.3, 0.4) is 0 Å². The number of nitrogens with zero attached hydrogens (tertiary/aromatic N) is 5. The van der Waals surface area contributed by atoms with Crippen LogP contribution in [-0.4, -0.2) is 37.4 Å². The van der Waals surface area contributed by atoms with Gasteiger partial charge in [0.25, 0.3) is 0 Å². The topological polar surface area (TPSA) is 89.1 Å². The van der Waals surface area contributed by atoms with Crippen LogP contribution in [0, 0.1) is 6.92 Å². The average Bonchev–Trinajstić information content (AvgIpc) is 3.30. The maximum Gasteiger partial charge on any atom is 0.318 e. The second-order valence-corrected chi connectivity index (χ2v) is 6.88. The minimum absolute atomic E-state index is 0.0308. The molecule has 2 amide bonds. The Balaban J connectivity index is 1.41. The molecule has 0 aromatic carbocycles. The van der Waals surface area contributed by atoms with Crippen LogP contribution in [0.15, 0.2) is 10.6 Å². The highest BCUT2D eigenvalue weighted by molar-refractivity contribution is 5.74. The van der Waals surface area contributed by atoms with Crippen molar-refractivity contribution in [1.82, 2.24) is 30.1 Å². The van der Waals surface area contributed by atoms with E-state index < -0.39 is 0 Å². The Bertz CT molecular complexity index is 752. The Labute approximate surface area is 146 Å². The van der Waals surface area contributed by atoms with Crippen LogP contribution in [0.2, 0.25) is 0 Å². The molecule has 2 aromatic rings. The lowest BCUT2D eigenvalue weighted by atomic mass is 10.1. The first-order chi connectivity index (χ1) is 12.2. The van der Waals surface area contributed by atoms with Crippen molar-refractivity contribution in [2.45, 2.75) is 64.6 Å². The van der Waals surface area contributed by atoms with Crippen molar-refractivity contribution in [2.24, 2.45) is 0 Å². The number of urea groups is 1. The number of hydrogen-bond donors (Lipinski definition) is 1. The normalized spacial score (nSPS) is 20.4. The molecule has 0 bridgehead atoms. The number of aromatic nitrogens is 4. The van der Waals surface area contributed by atoms with Gasteiger partial charge in [-0.1, -0.05) is 11.6 Å². The predicted molar refractivity (Wildman–Crippen MR) is 89.7 cm³/mol. The van der Waals surface area contributed by atoms with Crippen LogP contribution < -0.4 is 5.32 Å². The van der Waals surface area contributed by atoms with Crippen molar-refractivity contribution in [3.63, 3.8) is 0 Å². The van der Waals surface area contributed by atoms with E-state index in [1.165, 1.54) is 6.42 Å². The molecule has 0 saturated carbocycles. The van der Waals surface area contributed by atoms with E-state index in [9.17, 15) is 4.79 Å². The summed E-state index contributed by atoms with van der Waals surface area (Å²) in [5, 5.41) is 15.5. The molecule has 0 unspecified atom stereocenters. The van der Waals surface area contributed by atoms with Gasteiger partial charge in [-0.2, -0.15) is 0 Å². The number of aryl methyl sites for hydroxylation is 2. The molecule has 4 rings (SSSR count). The molecule has 0 spiro atoms. The largest absolute Gasteiger partial charge is 0.359 e. The zero-order chi connectivity index (χ0) is 17.2. The van der Waals surface area contributed by atoms with Gasteiger partial charge in [0.1, 0.15) is 5.82 Å². The fourth-order valence-electron chi connectivity index (χ4n) is 3.78. The number of amides is 2. The Morgan fingerprint density at radius 2 is 2.20 bits per heavy atom. The summed E-state index contributed by atoms with van der Waals surface area (Å²) in [4.78, 5) is 14.5. The quantitative estimate of drug-likeness (QED) is 0.923. The highest BCUT2D eigenvalue weighted by Gasteiger charge is 2.32. The van der Waals surface area contributed by atoms with Crippen molar-refractivity contribution >= 4 is 6.03 Å². The number of rotatable bonds is 3. The third-order valence-electron chi connectivity index (χ3n) is 5.07. The van der Waals surface area contributed by atoms with E-state index >= 15 is 0 Å². The van der Waals surface area contributed by atoms with Gasteiger partial charge in [0, 0.05) is 25.6 Å². The number of likely N-dealkylation sites (tertiary alicyclic amines) is 1. The van der Waals surface area contributed by atoms with E-state index in [1.54, 1.807) is 0 Å². The summed E-state index contributed by atoms with van der Waals surface area (Å²) in [6.07, 6.45) is 6.38. The second-order valence-electron chi connectivity index (χ2n) is 6.88. The molecular formula is C17H24N6O2. The van der Waals surface area contributed by atoms with Crippen LogP contribution in [0.1, 0.15) is 61.2 Å². The number of carbonyl (C=O) groups excluding carboxylic acids is 1. The summed E-state index contributed by atoms with van der Waals surface area (Å²) in [6.45, 7) is 3.97. The van der Waals surface area contributed by atoms with E-state index in [0.29, 0.717) is 6.54 Å². The first-order valence-corrected chi connectivity index (χ1v) is 9.11. The first-order valence-electron chi connectivity index (χ1n) is 9.11. The molecule has 2 aromatic heterocycles. The molecule has 8 heteroatoms. The Morgan fingerprint density at radius 3 is 3.04 bits per heavy atom. The van der Waals surface area contributed by atoms with Crippen LogP contribution >= 0.6 is 0 Å². The molecule has 8 nitrogen and oxygen atoms in total. The summed E-state index contributed by atoms with van der Waals surface area (Å²) in [7, 11) is 0. The summed E-state index contributed by atoms with van der Waals surface area (Å²) in [5.74, 6) is 2.65. The van der Waals surface area contributed by atoms with Gasteiger partial charge in [0.05, 0.1) is 18.3 Å². The molecule has 2 aliphatic rings. The molecule has 0 radical (unpaired) electrons. The third kappa shape index (κ3) is 3.25. The first kappa shape index (κ1) is 16.1. The zero-order valence-electron chi connectivity index (χ0n) is 14.6. The van der Waals surface area contributed by atoms with Crippen LogP contribution in [0.5, 0.6) is 0 Å². The molecule has 134 valence electrons. The van der Waals surface area contributed by atoms with Gasteiger partial charge in [-0.25, -0.2) is 4.79 Å². The molecule has 1 saturated heterocycles. The van der Waals surface area contributed by atoms with Crippen molar-refractivity contribution in [2.75, 3.05) is 6.54 Å². The predicted octanol–water partition coefficient (Wildman–Crippen LogP) is 2.35. The number of fused-ring (bicyclic) bond motifs is 1. The highest BCUT2D eigenvalue weighted by Crippen LogP contribution is 2.32. The van der Waals surface area contributed by atoms with Crippen LogP contribution in [0.4, 0.5) is 4.79 Å². The molecular weight excluding hydrogens is 320 g/mol. The van der Waals surface area contributed by atoms with Gasteiger partial charge in [0.15, 0.2) is 11.6 Å². The molecule has 1 atom stereocenters. The molecule has 1 N–H and O–H groups in total. The Hall–Kier alpha value is -2.38. The van der Waals surface area contributed by atoms with Gasteiger partial charge in [0.2, 0.25) is 0 Å². The molecule has 0 aliphatic carbocycles. The number of nitrogens with one attached hydrogen (secondary N) is 1. The minimum Gasteiger partial charge on any atom is -0.359 e. The van der Waals surface area contributed by atoms with Crippen LogP contribution in [0.25, 0.3) is 0 Å². The van der Waals surface area contributed by atoms with Gasteiger partial charge in [-0.05, 0) is 32.6 Å². The number of carbonyl (C=O) groups is 1. The molecule has 4 heterocycles.